The lowest BCUT2D eigenvalue weighted by Crippen LogP contribution is -2.42. The van der Waals surface area contributed by atoms with Gasteiger partial charge >= 0.3 is 6.61 Å². The van der Waals surface area contributed by atoms with Crippen molar-refractivity contribution in [3.63, 3.8) is 0 Å². The quantitative estimate of drug-likeness (QED) is 0.452. The van der Waals surface area contributed by atoms with Crippen LogP contribution in [0.4, 0.5) is 14.5 Å². The smallest absolute Gasteiger partial charge is 0.387 e. The molecule has 0 unspecified atom stereocenters. The number of hydrazine groups is 1. The van der Waals surface area contributed by atoms with Crippen molar-refractivity contribution >= 4 is 28.4 Å². The molecule has 0 spiro atoms. The third kappa shape index (κ3) is 4.80. The molecule has 0 aliphatic carbocycles. The second kappa shape index (κ2) is 8.98. The molecule has 0 radical (unpaired) electrons. The standard InChI is InChI=1S/C19H14F2N4O6/c1-30-15-8-11(14(25(28)29)9-16(15)31-19(20)21)17(26)23-24-18(27)13-7-6-10-4-2-3-5-12(10)22-13/h2-9,19H,1H3,(H,23,26)(H,24,27). The third-order valence-electron chi connectivity index (χ3n) is 4.06. The first-order valence-corrected chi connectivity index (χ1v) is 8.58. The molecule has 3 aromatic rings. The molecule has 1 aromatic heterocycles. The lowest BCUT2D eigenvalue weighted by molar-refractivity contribution is -0.385. The maximum absolute atomic E-state index is 12.5. The molecule has 1 heterocycles. The van der Waals surface area contributed by atoms with Gasteiger partial charge in [0.15, 0.2) is 11.5 Å². The lowest BCUT2D eigenvalue weighted by Gasteiger charge is -2.12. The Balaban J connectivity index is 1.81. The van der Waals surface area contributed by atoms with Crippen LogP contribution in [0, 0.1) is 10.1 Å². The highest BCUT2D eigenvalue weighted by molar-refractivity contribution is 6.01. The van der Waals surface area contributed by atoms with Gasteiger partial charge in [0.05, 0.1) is 23.6 Å². The Morgan fingerprint density at radius 2 is 1.77 bits per heavy atom. The van der Waals surface area contributed by atoms with Crippen molar-refractivity contribution in [1.82, 2.24) is 15.8 Å². The number of nitrogens with zero attached hydrogens (tertiary/aromatic N) is 2. The minimum absolute atomic E-state index is 0.00763. The lowest BCUT2D eigenvalue weighted by atomic mass is 10.1. The number of aromatic nitrogens is 1. The number of amides is 2. The number of ether oxygens (including phenoxy) is 2. The second-order valence-corrected chi connectivity index (χ2v) is 5.95. The van der Waals surface area contributed by atoms with Crippen LogP contribution in [0.3, 0.4) is 0 Å². The number of benzene rings is 2. The molecule has 2 aromatic carbocycles. The van der Waals surface area contributed by atoms with E-state index in [2.05, 4.69) is 15.1 Å². The van der Waals surface area contributed by atoms with E-state index in [9.17, 15) is 28.5 Å². The fourth-order valence-corrected chi connectivity index (χ4v) is 2.67. The number of carbonyl (C=O) groups excluding carboxylic acids is 2. The predicted octanol–water partition coefficient (Wildman–Crippen LogP) is 2.83. The summed E-state index contributed by atoms with van der Waals surface area (Å²) in [6.45, 7) is -3.26. The molecule has 0 aliphatic heterocycles. The van der Waals surface area contributed by atoms with Crippen LogP contribution in [0.5, 0.6) is 11.5 Å². The van der Waals surface area contributed by atoms with Crippen molar-refractivity contribution < 1.29 is 32.8 Å². The van der Waals surface area contributed by atoms with Crippen molar-refractivity contribution in [1.29, 1.82) is 0 Å². The summed E-state index contributed by atoms with van der Waals surface area (Å²) < 4.78 is 34.1. The first-order chi connectivity index (χ1) is 14.8. The summed E-state index contributed by atoms with van der Waals surface area (Å²) in [6.07, 6.45) is 0. The van der Waals surface area contributed by atoms with Gasteiger partial charge in [-0.3, -0.25) is 30.6 Å². The zero-order valence-corrected chi connectivity index (χ0v) is 15.8. The summed E-state index contributed by atoms with van der Waals surface area (Å²) >= 11 is 0. The molecule has 2 N–H and O–H groups in total. The Bertz CT molecular complexity index is 1170. The number of halogens is 2. The van der Waals surface area contributed by atoms with Crippen molar-refractivity contribution in [3.05, 3.63) is 69.9 Å². The number of rotatable bonds is 6. The number of alkyl halides is 2. The third-order valence-corrected chi connectivity index (χ3v) is 4.06. The molecule has 0 saturated carbocycles. The van der Waals surface area contributed by atoms with Crippen LogP contribution in [0.25, 0.3) is 10.9 Å². The van der Waals surface area contributed by atoms with Gasteiger partial charge < -0.3 is 9.47 Å². The molecule has 160 valence electrons. The van der Waals surface area contributed by atoms with Crippen molar-refractivity contribution in [2.24, 2.45) is 0 Å². The molecule has 0 bridgehead atoms. The maximum atomic E-state index is 12.5. The van der Waals surface area contributed by atoms with E-state index in [1.54, 1.807) is 24.3 Å². The zero-order chi connectivity index (χ0) is 22.5. The van der Waals surface area contributed by atoms with Gasteiger partial charge in [0, 0.05) is 11.5 Å². The van der Waals surface area contributed by atoms with Gasteiger partial charge in [-0.2, -0.15) is 8.78 Å². The molecular weight excluding hydrogens is 418 g/mol. The van der Waals surface area contributed by atoms with E-state index in [0.717, 1.165) is 18.6 Å². The first kappa shape index (κ1) is 21.4. The van der Waals surface area contributed by atoms with Crippen LogP contribution in [0.2, 0.25) is 0 Å². The minimum atomic E-state index is -3.26. The van der Waals surface area contributed by atoms with Crippen molar-refractivity contribution in [3.8, 4) is 11.5 Å². The van der Waals surface area contributed by atoms with Gasteiger partial charge in [-0.15, -0.1) is 0 Å². The first-order valence-electron chi connectivity index (χ1n) is 8.58. The fraction of sp³-hybridized carbons (Fsp3) is 0.105. The van der Waals surface area contributed by atoms with Gasteiger partial charge in [0.2, 0.25) is 0 Å². The van der Waals surface area contributed by atoms with Crippen LogP contribution in [0.1, 0.15) is 20.8 Å². The molecule has 10 nitrogen and oxygen atoms in total. The van der Waals surface area contributed by atoms with E-state index in [0.29, 0.717) is 11.6 Å². The van der Waals surface area contributed by atoms with E-state index in [1.807, 2.05) is 11.5 Å². The molecule has 12 heteroatoms. The average molecular weight is 432 g/mol. The Kier molecular flexibility index (Phi) is 6.19. The number of carbonyl (C=O) groups is 2. The summed E-state index contributed by atoms with van der Waals surface area (Å²) in [6, 6.07) is 11.6. The summed E-state index contributed by atoms with van der Waals surface area (Å²) in [4.78, 5) is 39.2. The highest BCUT2D eigenvalue weighted by atomic mass is 19.3. The zero-order valence-electron chi connectivity index (χ0n) is 15.8. The molecule has 0 fully saturated rings. The van der Waals surface area contributed by atoms with Gasteiger partial charge in [-0.25, -0.2) is 4.98 Å². The average Bonchev–Trinajstić information content (AvgIpc) is 2.76. The van der Waals surface area contributed by atoms with Crippen molar-refractivity contribution in [2.45, 2.75) is 6.61 Å². The second-order valence-electron chi connectivity index (χ2n) is 5.95. The number of hydrogen-bond donors (Lipinski definition) is 2. The van der Waals surface area contributed by atoms with Crippen LogP contribution >= 0.6 is 0 Å². The Morgan fingerprint density at radius 1 is 1.06 bits per heavy atom. The SMILES string of the molecule is COc1cc(C(=O)NNC(=O)c2ccc3ccccc3n2)c([N+](=O)[O-])cc1OC(F)F. The van der Waals surface area contributed by atoms with Crippen LogP contribution in [-0.4, -0.2) is 35.4 Å². The molecule has 0 atom stereocenters. The fourth-order valence-electron chi connectivity index (χ4n) is 2.67. The summed E-state index contributed by atoms with van der Waals surface area (Å²) in [5.74, 6) is -2.81. The Labute approximate surface area is 172 Å². The van der Waals surface area contributed by atoms with E-state index in [4.69, 9.17) is 4.74 Å². The monoisotopic (exact) mass is 432 g/mol. The maximum Gasteiger partial charge on any atom is 0.387 e. The normalized spacial score (nSPS) is 10.6. The highest BCUT2D eigenvalue weighted by Crippen LogP contribution is 2.35. The Morgan fingerprint density at radius 3 is 2.45 bits per heavy atom. The van der Waals surface area contributed by atoms with Crippen LogP contribution < -0.4 is 20.3 Å². The largest absolute Gasteiger partial charge is 0.493 e. The number of nitrogens with one attached hydrogen (secondary N) is 2. The molecule has 3 rings (SSSR count). The van der Waals surface area contributed by atoms with Crippen molar-refractivity contribution in [2.75, 3.05) is 7.11 Å². The van der Waals surface area contributed by atoms with Gasteiger partial charge in [-0.05, 0) is 12.1 Å². The molecule has 31 heavy (non-hydrogen) atoms. The number of nitro benzene ring substituents is 1. The van der Waals surface area contributed by atoms with Gasteiger partial charge in [0.1, 0.15) is 11.3 Å². The Hall–Kier alpha value is -4.35. The van der Waals surface area contributed by atoms with Gasteiger partial charge in [-0.1, -0.05) is 24.3 Å². The van der Waals surface area contributed by atoms with E-state index < -0.39 is 40.3 Å². The van der Waals surface area contributed by atoms with E-state index in [-0.39, 0.29) is 11.4 Å². The topological polar surface area (TPSA) is 133 Å². The molecule has 2 amide bonds. The minimum Gasteiger partial charge on any atom is -0.493 e. The summed E-state index contributed by atoms with van der Waals surface area (Å²) in [5, 5.41) is 12.1. The summed E-state index contributed by atoms with van der Waals surface area (Å²) in [7, 11) is 1.11. The number of para-hydroxylation sites is 1. The molecule has 0 aliphatic rings. The molecular formula is C19H14F2N4O6. The number of fused-ring (bicyclic) bond motifs is 1. The van der Waals surface area contributed by atoms with Crippen LogP contribution in [-0.2, 0) is 0 Å². The number of nitro groups is 1. The number of hydrogen-bond acceptors (Lipinski definition) is 7. The number of pyridine rings is 1. The van der Waals surface area contributed by atoms with E-state index in [1.165, 1.54) is 6.07 Å². The summed E-state index contributed by atoms with van der Waals surface area (Å²) in [5.41, 5.74) is 3.29. The van der Waals surface area contributed by atoms with Crippen LogP contribution in [0.15, 0.2) is 48.5 Å². The highest BCUT2D eigenvalue weighted by Gasteiger charge is 2.26. The molecule has 0 saturated heterocycles. The van der Waals surface area contributed by atoms with E-state index >= 15 is 0 Å². The number of methoxy groups -OCH3 is 1. The predicted molar refractivity (Wildman–Crippen MR) is 103 cm³/mol. The van der Waals surface area contributed by atoms with Gasteiger partial charge in [0.25, 0.3) is 17.5 Å².